The Bertz CT molecular complexity index is 377. The van der Waals surface area contributed by atoms with E-state index < -0.39 is 0 Å². The average molecular weight is 225 g/mol. The first-order chi connectivity index (χ1) is 7.70. The number of esters is 1. The Morgan fingerprint density at radius 3 is 3.00 bits per heavy atom. The fraction of sp³-hybridized carbons (Fsp3) is 0.700. The fourth-order valence-electron chi connectivity index (χ4n) is 1.79. The molecule has 0 N–H and O–H groups in total. The molecule has 16 heavy (non-hydrogen) atoms. The summed E-state index contributed by atoms with van der Waals surface area (Å²) >= 11 is 0. The van der Waals surface area contributed by atoms with Crippen molar-refractivity contribution in [1.29, 1.82) is 0 Å². The third-order valence-electron chi connectivity index (χ3n) is 2.79. The Morgan fingerprint density at radius 2 is 2.50 bits per heavy atom. The van der Waals surface area contributed by atoms with Crippen LogP contribution < -0.4 is 0 Å². The zero-order chi connectivity index (χ0) is 11.5. The highest BCUT2D eigenvalue weighted by Crippen LogP contribution is 2.18. The number of carbonyl (C=O) groups is 1. The van der Waals surface area contributed by atoms with Gasteiger partial charge in [0.2, 0.25) is 5.89 Å². The van der Waals surface area contributed by atoms with Crippen LogP contribution in [0.25, 0.3) is 0 Å². The molecule has 1 aliphatic heterocycles. The van der Waals surface area contributed by atoms with Crippen molar-refractivity contribution in [2.75, 3.05) is 20.2 Å². The van der Waals surface area contributed by atoms with Crippen molar-refractivity contribution in [3.8, 4) is 0 Å². The van der Waals surface area contributed by atoms with E-state index in [1.807, 2.05) is 0 Å². The van der Waals surface area contributed by atoms with Crippen LogP contribution in [0.5, 0.6) is 0 Å². The zero-order valence-electron chi connectivity index (χ0n) is 9.47. The number of aromatic nitrogens is 2. The molecule has 1 fully saturated rings. The molecule has 1 aliphatic rings. The van der Waals surface area contributed by atoms with Crippen LogP contribution in [0.15, 0.2) is 4.52 Å². The zero-order valence-corrected chi connectivity index (χ0v) is 9.47. The van der Waals surface area contributed by atoms with E-state index in [4.69, 9.17) is 9.26 Å². The molecule has 6 nitrogen and oxygen atoms in total. The molecule has 0 spiro atoms. The second-order valence-corrected chi connectivity index (χ2v) is 3.85. The maximum atomic E-state index is 11.3. The Morgan fingerprint density at radius 1 is 1.69 bits per heavy atom. The first-order valence-corrected chi connectivity index (χ1v) is 5.32. The molecule has 0 radical (unpaired) electrons. The molecule has 0 saturated carbocycles. The summed E-state index contributed by atoms with van der Waals surface area (Å²) in [6.07, 6.45) is 1.55. The van der Waals surface area contributed by atoms with Gasteiger partial charge >= 0.3 is 5.97 Å². The number of aryl methyl sites for hydroxylation is 1. The Kier molecular flexibility index (Phi) is 3.19. The van der Waals surface area contributed by atoms with Gasteiger partial charge in [-0.1, -0.05) is 5.16 Å². The predicted octanol–water partition coefficient (Wildman–Crippen LogP) is 0.168. The summed E-state index contributed by atoms with van der Waals surface area (Å²) in [5, 5.41) is 3.71. The van der Waals surface area contributed by atoms with Gasteiger partial charge in [-0.05, 0) is 13.3 Å². The van der Waals surface area contributed by atoms with E-state index in [1.165, 1.54) is 7.11 Å². The summed E-state index contributed by atoms with van der Waals surface area (Å²) in [5.41, 5.74) is 0. The van der Waals surface area contributed by atoms with Crippen LogP contribution >= 0.6 is 0 Å². The summed E-state index contributed by atoms with van der Waals surface area (Å²) in [7, 11) is 1.42. The smallest absolute Gasteiger partial charge is 0.323 e. The lowest BCUT2D eigenvalue weighted by atomic mass is 10.0. The molecule has 88 valence electrons. The first-order valence-electron chi connectivity index (χ1n) is 5.32. The van der Waals surface area contributed by atoms with Crippen molar-refractivity contribution in [3.63, 3.8) is 0 Å². The molecule has 0 aliphatic carbocycles. The van der Waals surface area contributed by atoms with Gasteiger partial charge in [0.15, 0.2) is 5.82 Å². The van der Waals surface area contributed by atoms with Gasteiger partial charge in [-0.3, -0.25) is 9.69 Å². The number of carbonyl (C=O) groups excluding carboxylic acids is 1. The van der Waals surface area contributed by atoms with Crippen molar-refractivity contribution in [1.82, 2.24) is 15.0 Å². The number of nitrogens with zero attached hydrogens (tertiary/aromatic N) is 3. The lowest BCUT2D eigenvalue weighted by Gasteiger charge is -2.38. The van der Waals surface area contributed by atoms with Gasteiger partial charge in [-0.15, -0.1) is 0 Å². The van der Waals surface area contributed by atoms with Crippen LogP contribution in [0, 0.1) is 6.92 Å². The lowest BCUT2D eigenvalue weighted by molar-refractivity contribution is -0.151. The van der Waals surface area contributed by atoms with Crippen molar-refractivity contribution >= 4 is 5.97 Å². The number of ether oxygens (including phenoxy) is 1. The molecule has 1 aromatic rings. The number of rotatable bonds is 4. The lowest BCUT2D eigenvalue weighted by Crippen LogP contribution is -2.53. The summed E-state index contributed by atoms with van der Waals surface area (Å²) in [6.45, 7) is 3.46. The number of likely N-dealkylation sites (tertiary alicyclic amines) is 1. The standard InChI is InChI=1S/C10H15N3O3/c1-7-11-9(16-12-7)4-6-13-5-3-8(13)10(14)15-2/h8H,3-6H2,1-2H3. The fourth-order valence-corrected chi connectivity index (χ4v) is 1.79. The van der Waals surface area contributed by atoms with E-state index in [0.717, 1.165) is 19.5 Å². The van der Waals surface area contributed by atoms with Gasteiger partial charge in [0.05, 0.1) is 7.11 Å². The molecule has 6 heteroatoms. The normalized spacial score (nSPS) is 20.5. The highest BCUT2D eigenvalue weighted by Gasteiger charge is 2.34. The van der Waals surface area contributed by atoms with Gasteiger partial charge < -0.3 is 9.26 Å². The van der Waals surface area contributed by atoms with E-state index >= 15 is 0 Å². The molecular formula is C10H15N3O3. The van der Waals surface area contributed by atoms with Gasteiger partial charge in [0.1, 0.15) is 6.04 Å². The number of hydrogen-bond acceptors (Lipinski definition) is 6. The summed E-state index contributed by atoms with van der Waals surface area (Å²) in [5.74, 6) is 1.10. The third-order valence-corrected chi connectivity index (χ3v) is 2.79. The molecule has 0 bridgehead atoms. The first kappa shape index (κ1) is 11.1. The van der Waals surface area contributed by atoms with Gasteiger partial charge in [0, 0.05) is 19.5 Å². The van der Waals surface area contributed by atoms with Crippen molar-refractivity contribution in [2.24, 2.45) is 0 Å². The third kappa shape index (κ3) is 2.21. The van der Waals surface area contributed by atoms with Crippen LogP contribution in [0.3, 0.4) is 0 Å². The highest BCUT2D eigenvalue weighted by molar-refractivity contribution is 5.76. The van der Waals surface area contributed by atoms with E-state index in [9.17, 15) is 4.79 Å². The maximum Gasteiger partial charge on any atom is 0.323 e. The van der Waals surface area contributed by atoms with E-state index in [0.29, 0.717) is 18.1 Å². The maximum absolute atomic E-state index is 11.3. The SMILES string of the molecule is COC(=O)C1CCN1CCc1nc(C)no1. The van der Waals surface area contributed by atoms with E-state index in [-0.39, 0.29) is 12.0 Å². The minimum Gasteiger partial charge on any atom is -0.468 e. The molecule has 1 saturated heterocycles. The summed E-state index contributed by atoms with van der Waals surface area (Å²) in [6, 6.07) is -0.0889. The molecule has 1 unspecified atom stereocenters. The Balaban J connectivity index is 1.80. The summed E-state index contributed by atoms with van der Waals surface area (Å²) < 4.78 is 9.71. The Hall–Kier alpha value is -1.43. The molecule has 1 atom stereocenters. The second kappa shape index (κ2) is 4.61. The number of hydrogen-bond donors (Lipinski definition) is 0. The Labute approximate surface area is 93.6 Å². The molecule has 0 aromatic carbocycles. The largest absolute Gasteiger partial charge is 0.468 e. The van der Waals surface area contributed by atoms with Crippen molar-refractivity contribution in [2.45, 2.75) is 25.8 Å². The van der Waals surface area contributed by atoms with E-state index in [2.05, 4.69) is 15.0 Å². The predicted molar refractivity (Wildman–Crippen MR) is 54.7 cm³/mol. The highest BCUT2D eigenvalue weighted by atomic mass is 16.5. The van der Waals surface area contributed by atoms with E-state index in [1.54, 1.807) is 6.92 Å². The van der Waals surface area contributed by atoms with Gasteiger partial charge in [0.25, 0.3) is 0 Å². The quantitative estimate of drug-likeness (QED) is 0.680. The van der Waals surface area contributed by atoms with Crippen molar-refractivity contribution < 1.29 is 14.1 Å². The van der Waals surface area contributed by atoms with Crippen molar-refractivity contribution in [3.05, 3.63) is 11.7 Å². The van der Waals surface area contributed by atoms with Crippen LogP contribution in [0.1, 0.15) is 18.1 Å². The van der Waals surface area contributed by atoms with Gasteiger partial charge in [-0.2, -0.15) is 4.98 Å². The van der Waals surface area contributed by atoms with Gasteiger partial charge in [-0.25, -0.2) is 0 Å². The van der Waals surface area contributed by atoms with Crippen LogP contribution in [0.2, 0.25) is 0 Å². The average Bonchev–Trinajstić information content (AvgIpc) is 2.62. The minimum atomic E-state index is -0.159. The van der Waals surface area contributed by atoms with Crippen LogP contribution in [0.4, 0.5) is 0 Å². The summed E-state index contributed by atoms with van der Waals surface area (Å²) in [4.78, 5) is 17.5. The molecule has 0 amide bonds. The van der Waals surface area contributed by atoms with Crippen LogP contribution in [-0.2, 0) is 16.0 Å². The van der Waals surface area contributed by atoms with Crippen LogP contribution in [-0.4, -0.2) is 47.3 Å². The minimum absolute atomic E-state index is 0.0889. The monoisotopic (exact) mass is 225 g/mol. The molecular weight excluding hydrogens is 210 g/mol. The number of methoxy groups -OCH3 is 1. The molecule has 2 heterocycles. The second-order valence-electron chi connectivity index (χ2n) is 3.85. The topological polar surface area (TPSA) is 68.5 Å². The molecule has 1 aromatic heterocycles. The molecule has 2 rings (SSSR count).